The Balaban J connectivity index is 1.71. The first kappa shape index (κ1) is 13.0. The van der Waals surface area contributed by atoms with Gasteiger partial charge in [-0.15, -0.1) is 11.3 Å². The summed E-state index contributed by atoms with van der Waals surface area (Å²) in [5.41, 5.74) is 3.57. The second-order valence-electron chi connectivity index (χ2n) is 5.26. The van der Waals surface area contributed by atoms with E-state index < -0.39 is 0 Å². The Kier molecular flexibility index (Phi) is 4.17. The maximum absolute atomic E-state index is 4.28. The van der Waals surface area contributed by atoms with E-state index in [1.165, 1.54) is 29.8 Å². The molecule has 3 nitrogen and oxygen atoms in total. The molecule has 0 saturated heterocycles. The quantitative estimate of drug-likeness (QED) is 0.787. The molecule has 1 aliphatic rings. The van der Waals surface area contributed by atoms with E-state index in [-0.39, 0.29) is 0 Å². The monoisotopic (exact) mass is 253 g/mol. The molecular formula is C13H23N3S. The molecule has 4 heteroatoms. The summed E-state index contributed by atoms with van der Waals surface area (Å²) < 4.78 is 0. The van der Waals surface area contributed by atoms with Crippen LogP contribution in [-0.2, 0) is 6.42 Å². The highest BCUT2D eigenvalue weighted by Gasteiger charge is 2.38. The predicted molar refractivity (Wildman–Crippen MR) is 73.7 cm³/mol. The van der Waals surface area contributed by atoms with E-state index in [1.54, 1.807) is 11.3 Å². The molecule has 0 atom stereocenters. The van der Waals surface area contributed by atoms with Crippen molar-refractivity contribution in [2.75, 3.05) is 27.2 Å². The lowest BCUT2D eigenvalue weighted by molar-refractivity contribution is 0.0604. The fraction of sp³-hybridized carbons (Fsp3) is 0.769. The molecule has 1 aromatic heterocycles. The average molecular weight is 253 g/mol. The number of hydrogen-bond donors (Lipinski definition) is 1. The molecule has 0 aliphatic heterocycles. The van der Waals surface area contributed by atoms with Crippen LogP contribution in [0.2, 0.25) is 0 Å². The molecular weight excluding hydrogens is 230 g/mol. The SMILES string of the molecule is Cc1ncsc1CCNCC1(N(C)C)CCC1. The minimum Gasteiger partial charge on any atom is -0.315 e. The van der Waals surface area contributed by atoms with Gasteiger partial charge in [0.25, 0.3) is 0 Å². The Labute approximate surface area is 108 Å². The first-order chi connectivity index (χ1) is 8.14. The third-order valence-corrected chi connectivity index (χ3v) is 5.06. The molecule has 96 valence electrons. The van der Waals surface area contributed by atoms with Gasteiger partial charge >= 0.3 is 0 Å². The minimum absolute atomic E-state index is 0.433. The zero-order valence-electron chi connectivity index (χ0n) is 11.1. The summed E-state index contributed by atoms with van der Waals surface area (Å²) in [4.78, 5) is 8.09. The van der Waals surface area contributed by atoms with Crippen LogP contribution in [0.5, 0.6) is 0 Å². The van der Waals surface area contributed by atoms with Gasteiger partial charge in [-0.3, -0.25) is 0 Å². The molecule has 0 spiro atoms. The molecule has 1 fully saturated rings. The van der Waals surface area contributed by atoms with E-state index in [9.17, 15) is 0 Å². The van der Waals surface area contributed by atoms with Crippen molar-refractivity contribution < 1.29 is 0 Å². The van der Waals surface area contributed by atoms with E-state index in [0.717, 1.165) is 19.5 Å². The summed E-state index contributed by atoms with van der Waals surface area (Å²) in [7, 11) is 4.41. The van der Waals surface area contributed by atoms with Crippen LogP contribution < -0.4 is 5.32 Å². The first-order valence-electron chi connectivity index (χ1n) is 6.41. The number of aromatic nitrogens is 1. The van der Waals surface area contributed by atoms with Gasteiger partial charge < -0.3 is 10.2 Å². The van der Waals surface area contributed by atoms with Gasteiger partial charge in [0.2, 0.25) is 0 Å². The fourth-order valence-corrected chi connectivity index (χ4v) is 3.24. The number of likely N-dealkylation sites (N-methyl/N-ethyl adjacent to an activating group) is 1. The zero-order chi connectivity index (χ0) is 12.3. The number of hydrogen-bond acceptors (Lipinski definition) is 4. The summed E-state index contributed by atoms with van der Waals surface area (Å²) in [5.74, 6) is 0. The van der Waals surface area contributed by atoms with Crippen LogP contribution in [0.1, 0.15) is 29.8 Å². The third kappa shape index (κ3) is 2.87. The van der Waals surface area contributed by atoms with Crippen molar-refractivity contribution >= 4 is 11.3 Å². The summed E-state index contributed by atoms with van der Waals surface area (Å²) >= 11 is 1.77. The number of thiazole rings is 1. The highest BCUT2D eigenvalue weighted by Crippen LogP contribution is 2.35. The Morgan fingerprint density at radius 2 is 2.24 bits per heavy atom. The van der Waals surface area contributed by atoms with Gasteiger partial charge in [0.15, 0.2) is 0 Å². The van der Waals surface area contributed by atoms with Crippen molar-refractivity contribution in [2.45, 2.75) is 38.1 Å². The van der Waals surface area contributed by atoms with Crippen LogP contribution in [0.15, 0.2) is 5.51 Å². The van der Waals surface area contributed by atoms with Crippen molar-refractivity contribution in [1.82, 2.24) is 15.2 Å². The largest absolute Gasteiger partial charge is 0.315 e. The molecule has 2 rings (SSSR count). The van der Waals surface area contributed by atoms with E-state index in [4.69, 9.17) is 0 Å². The molecule has 0 unspecified atom stereocenters. The maximum atomic E-state index is 4.28. The molecule has 0 radical (unpaired) electrons. The molecule has 1 aromatic rings. The summed E-state index contributed by atoms with van der Waals surface area (Å²) in [5, 5.41) is 3.61. The van der Waals surface area contributed by atoms with Crippen molar-refractivity contribution in [2.24, 2.45) is 0 Å². The summed E-state index contributed by atoms with van der Waals surface area (Å²) in [6.07, 6.45) is 5.17. The van der Waals surface area contributed by atoms with Crippen LogP contribution in [0.25, 0.3) is 0 Å². The maximum Gasteiger partial charge on any atom is 0.0797 e. The average Bonchev–Trinajstić information content (AvgIpc) is 2.61. The van der Waals surface area contributed by atoms with E-state index >= 15 is 0 Å². The Morgan fingerprint density at radius 3 is 2.71 bits per heavy atom. The summed E-state index contributed by atoms with van der Waals surface area (Å²) in [6, 6.07) is 0. The van der Waals surface area contributed by atoms with Gasteiger partial charge in [0.1, 0.15) is 0 Å². The van der Waals surface area contributed by atoms with Crippen molar-refractivity contribution in [1.29, 1.82) is 0 Å². The highest BCUT2D eigenvalue weighted by atomic mass is 32.1. The van der Waals surface area contributed by atoms with Gasteiger partial charge in [0.05, 0.1) is 11.2 Å². The van der Waals surface area contributed by atoms with E-state index in [0.29, 0.717) is 5.54 Å². The van der Waals surface area contributed by atoms with Gasteiger partial charge in [-0.2, -0.15) is 0 Å². The molecule has 1 aliphatic carbocycles. The van der Waals surface area contributed by atoms with E-state index in [1.807, 2.05) is 5.51 Å². The number of rotatable bonds is 6. The first-order valence-corrected chi connectivity index (χ1v) is 7.29. The zero-order valence-corrected chi connectivity index (χ0v) is 11.9. The number of nitrogens with zero attached hydrogens (tertiary/aromatic N) is 2. The van der Waals surface area contributed by atoms with Crippen molar-refractivity contribution in [3.63, 3.8) is 0 Å². The van der Waals surface area contributed by atoms with Crippen LogP contribution in [0.4, 0.5) is 0 Å². The van der Waals surface area contributed by atoms with Gasteiger partial charge in [-0.25, -0.2) is 4.98 Å². The Morgan fingerprint density at radius 1 is 1.47 bits per heavy atom. The fourth-order valence-electron chi connectivity index (χ4n) is 2.46. The lowest BCUT2D eigenvalue weighted by Crippen LogP contribution is -2.56. The lowest BCUT2D eigenvalue weighted by atomic mass is 9.75. The molecule has 1 N–H and O–H groups in total. The van der Waals surface area contributed by atoms with Gasteiger partial charge in [-0.1, -0.05) is 0 Å². The van der Waals surface area contributed by atoms with Gasteiger partial charge in [0, 0.05) is 23.5 Å². The lowest BCUT2D eigenvalue weighted by Gasteiger charge is -2.47. The Hall–Kier alpha value is -0.450. The predicted octanol–water partition coefficient (Wildman–Crippen LogP) is 2.07. The van der Waals surface area contributed by atoms with Crippen LogP contribution in [-0.4, -0.2) is 42.6 Å². The third-order valence-electron chi connectivity index (χ3n) is 4.06. The number of aryl methyl sites for hydroxylation is 1. The van der Waals surface area contributed by atoms with E-state index in [2.05, 4.69) is 36.2 Å². The molecule has 1 saturated carbocycles. The Bertz CT molecular complexity index is 355. The van der Waals surface area contributed by atoms with Crippen molar-refractivity contribution in [3.05, 3.63) is 16.1 Å². The molecule has 0 amide bonds. The van der Waals surface area contributed by atoms with Gasteiger partial charge in [-0.05, 0) is 46.7 Å². The normalized spacial score (nSPS) is 18.4. The second-order valence-corrected chi connectivity index (χ2v) is 6.20. The number of nitrogens with one attached hydrogen (secondary N) is 1. The smallest absolute Gasteiger partial charge is 0.0797 e. The topological polar surface area (TPSA) is 28.2 Å². The molecule has 17 heavy (non-hydrogen) atoms. The molecule has 0 bridgehead atoms. The highest BCUT2D eigenvalue weighted by molar-refractivity contribution is 7.09. The standard InChI is InChI=1S/C13H23N3S/c1-11-12(17-10-15-11)5-8-14-9-13(16(2)3)6-4-7-13/h10,14H,4-9H2,1-3H3. The minimum atomic E-state index is 0.433. The second kappa shape index (κ2) is 5.46. The van der Waals surface area contributed by atoms with Crippen molar-refractivity contribution in [3.8, 4) is 0 Å². The molecule has 1 heterocycles. The van der Waals surface area contributed by atoms with Crippen LogP contribution in [0, 0.1) is 6.92 Å². The molecule has 0 aromatic carbocycles. The van der Waals surface area contributed by atoms with Crippen LogP contribution >= 0.6 is 11.3 Å². The summed E-state index contributed by atoms with van der Waals surface area (Å²) in [6.45, 7) is 4.29. The van der Waals surface area contributed by atoms with Crippen LogP contribution in [0.3, 0.4) is 0 Å².